The zero-order valence-electron chi connectivity index (χ0n) is 7.94. The van der Waals surface area contributed by atoms with Gasteiger partial charge in [0.25, 0.3) is 5.89 Å². The number of hydrogen-bond donors (Lipinski definition) is 1. The average Bonchev–Trinajstić information content (AvgIpc) is 2.83. The second-order valence-corrected chi connectivity index (χ2v) is 5.85. The number of nitrogens with zero attached hydrogens (tertiary/aromatic N) is 2. The van der Waals surface area contributed by atoms with Gasteiger partial charge in [0.1, 0.15) is 0 Å². The Morgan fingerprint density at radius 3 is 3.07 bits per heavy atom. The van der Waals surface area contributed by atoms with Crippen molar-refractivity contribution in [3.63, 3.8) is 0 Å². The number of hydrogen-bond acceptors (Lipinski definition) is 5. The summed E-state index contributed by atoms with van der Waals surface area (Å²) >= 11 is 3.93. The molecule has 15 heavy (non-hydrogen) atoms. The van der Waals surface area contributed by atoms with E-state index in [1.54, 1.807) is 11.3 Å². The van der Waals surface area contributed by atoms with Crippen LogP contribution in [-0.4, -0.2) is 16.7 Å². The van der Waals surface area contributed by atoms with E-state index in [0.29, 0.717) is 12.4 Å². The lowest BCUT2D eigenvalue weighted by Crippen LogP contribution is -2.01. The van der Waals surface area contributed by atoms with Crippen LogP contribution >= 0.6 is 33.9 Å². The molecule has 0 aliphatic rings. The summed E-state index contributed by atoms with van der Waals surface area (Å²) in [5.41, 5.74) is 6.41. The third-order valence-electron chi connectivity index (χ3n) is 1.89. The summed E-state index contributed by atoms with van der Waals surface area (Å²) < 4.78 is 6.37. The first-order valence-corrected chi connectivity index (χ1v) is 6.52. The van der Waals surface area contributed by atoms with Crippen molar-refractivity contribution in [1.82, 2.24) is 10.1 Å². The fourth-order valence-corrected chi connectivity index (χ4v) is 2.48. The predicted molar refractivity (Wildman–Crippen MR) is 67.7 cm³/mol. The molecule has 0 saturated carbocycles. The molecule has 4 nitrogen and oxygen atoms in total. The monoisotopic (exact) mass is 335 g/mol. The van der Waals surface area contributed by atoms with Crippen molar-refractivity contribution in [2.24, 2.45) is 5.73 Å². The molecule has 0 aromatic carbocycles. The third-order valence-corrected chi connectivity index (χ3v) is 3.68. The molecule has 0 unspecified atom stereocenters. The largest absolute Gasteiger partial charge is 0.334 e. The number of aryl methyl sites for hydroxylation is 1. The highest BCUT2D eigenvalue weighted by atomic mass is 127. The van der Waals surface area contributed by atoms with Crippen molar-refractivity contribution in [2.45, 2.75) is 12.8 Å². The molecule has 0 fully saturated rings. The zero-order valence-corrected chi connectivity index (χ0v) is 10.9. The lowest BCUT2D eigenvalue weighted by atomic mass is 10.3. The van der Waals surface area contributed by atoms with Gasteiger partial charge in [-0.25, -0.2) is 0 Å². The second-order valence-electron chi connectivity index (χ2n) is 3.05. The van der Waals surface area contributed by atoms with Crippen LogP contribution in [0.1, 0.15) is 12.2 Å². The Bertz CT molecular complexity index is 440. The average molecular weight is 335 g/mol. The molecular formula is C9H10IN3OS. The summed E-state index contributed by atoms with van der Waals surface area (Å²) in [6.45, 7) is 0.653. The van der Waals surface area contributed by atoms with Gasteiger partial charge in [0.2, 0.25) is 0 Å². The zero-order chi connectivity index (χ0) is 10.7. The SMILES string of the molecule is NCCCc1noc(-c2csc(I)c2)n1. The van der Waals surface area contributed by atoms with Crippen LogP contribution in [0.15, 0.2) is 16.0 Å². The second kappa shape index (κ2) is 5.04. The van der Waals surface area contributed by atoms with Crippen LogP contribution in [0.5, 0.6) is 0 Å². The lowest BCUT2D eigenvalue weighted by molar-refractivity contribution is 0.422. The molecule has 0 aliphatic carbocycles. The van der Waals surface area contributed by atoms with Gasteiger partial charge >= 0.3 is 0 Å². The summed E-state index contributed by atoms with van der Waals surface area (Å²) in [5.74, 6) is 1.33. The Hall–Kier alpha value is -0.470. The Balaban J connectivity index is 2.13. The summed E-state index contributed by atoms with van der Waals surface area (Å²) in [7, 11) is 0. The molecule has 6 heteroatoms. The summed E-state index contributed by atoms with van der Waals surface area (Å²) in [6, 6.07) is 2.03. The standard InChI is InChI=1S/C9H10IN3OS/c10-7-4-6(5-15-7)9-12-8(13-14-9)2-1-3-11/h4-5H,1-3,11H2. The molecule has 0 aliphatic heterocycles. The van der Waals surface area contributed by atoms with Crippen LogP contribution in [0.2, 0.25) is 0 Å². The highest BCUT2D eigenvalue weighted by molar-refractivity contribution is 14.1. The van der Waals surface area contributed by atoms with Gasteiger partial charge in [-0.15, -0.1) is 11.3 Å². The summed E-state index contributed by atoms with van der Waals surface area (Å²) in [4.78, 5) is 4.30. The fraction of sp³-hybridized carbons (Fsp3) is 0.333. The highest BCUT2D eigenvalue weighted by Gasteiger charge is 2.09. The Morgan fingerprint density at radius 1 is 1.53 bits per heavy atom. The molecule has 2 heterocycles. The van der Waals surface area contributed by atoms with Crippen molar-refractivity contribution in [3.05, 3.63) is 20.2 Å². The number of thiophene rings is 1. The molecule has 2 rings (SSSR count). The molecule has 0 saturated heterocycles. The number of aromatic nitrogens is 2. The van der Waals surface area contributed by atoms with Crippen LogP contribution in [-0.2, 0) is 6.42 Å². The molecule has 2 aromatic rings. The van der Waals surface area contributed by atoms with Crippen LogP contribution in [0.3, 0.4) is 0 Å². The minimum atomic E-state index is 0.598. The van der Waals surface area contributed by atoms with Crippen molar-refractivity contribution >= 4 is 33.9 Å². The Labute approximate surface area is 105 Å². The molecule has 0 radical (unpaired) electrons. The first-order chi connectivity index (χ1) is 7.29. The number of nitrogens with two attached hydrogens (primary N) is 1. The normalized spacial score (nSPS) is 10.8. The highest BCUT2D eigenvalue weighted by Crippen LogP contribution is 2.25. The van der Waals surface area contributed by atoms with Crippen LogP contribution in [0, 0.1) is 2.88 Å². The molecule has 2 aromatic heterocycles. The van der Waals surface area contributed by atoms with E-state index in [1.807, 2.05) is 11.4 Å². The Kier molecular flexibility index (Phi) is 3.71. The van der Waals surface area contributed by atoms with Crippen LogP contribution < -0.4 is 5.73 Å². The minimum Gasteiger partial charge on any atom is -0.334 e. The van der Waals surface area contributed by atoms with Gasteiger partial charge in [-0.1, -0.05) is 5.16 Å². The number of rotatable bonds is 4. The van der Waals surface area contributed by atoms with Crippen molar-refractivity contribution in [1.29, 1.82) is 0 Å². The van der Waals surface area contributed by atoms with E-state index in [9.17, 15) is 0 Å². The molecule has 0 bridgehead atoms. The van der Waals surface area contributed by atoms with E-state index in [2.05, 4.69) is 32.7 Å². The molecule has 2 N–H and O–H groups in total. The van der Waals surface area contributed by atoms with Crippen LogP contribution in [0.4, 0.5) is 0 Å². The lowest BCUT2D eigenvalue weighted by Gasteiger charge is -1.88. The number of halogens is 1. The van der Waals surface area contributed by atoms with Gasteiger partial charge < -0.3 is 10.3 Å². The van der Waals surface area contributed by atoms with E-state index in [1.165, 1.54) is 2.88 Å². The van der Waals surface area contributed by atoms with E-state index in [-0.39, 0.29) is 0 Å². The fourth-order valence-electron chi connectivity index (χ4n) is 1.16. The molecule has 0 amide bonds. The van der Waals surface area contributed by atoms with E-state index in [4.69, 9.17) is 10.3 Å². The van der Waals surface area contributed by atoms with E-state index < -0.39 is 0 Å². The minimum absolute atomic E-state index is 0.598. The first kappa shape index (κ1) is 11.0. The van der Waals surface area contributed by atoms with E-state index >= 15 is 0 Å². The van der Waals surface area contributed by atoms with Crippen LogP contribution in [0.25, 0.3) is 11.5 Å². The van der Waals surface area contributed by atoms with E-state index in [0.717, 1.165) is 24.2 Å². The summed E-state index contributed by atoms with van der Waals surface area (Å²) in [6.07, 6.45) is 1.67. The topological polar surface area (TPSA) is 64.9 Å². The van der Waals surface area contributed by atoms with Gasteiger partial charge in [0.05, 0.1) is 8.45 Å². The smallest absolute Gasteiger partial charge is 0.258 e. The quantitative estimate of drug-likeness (QED) is 0.871. The summed E-state index contributed by atoms with van der Waals surface area (Å²) in [5, 5.41) is 5.92. The predicted octanol–water partition coefficient (Wildman–Crippen LogP) is 2.29. The Morgan fingerprint density at radius 2 is 2.40 bits per heavy atom. The van der Waals surface area contributed by atoms with Gasteiger partial charge in [-0.3, -0.25) is 0 Å². The first-order valence-electron chi connectivity index (χ1n) is 4.56. The molecule has 80 valence electrons. The molecule has 0 spiro atoms. The maximum absolute atomic E-state index is 5.41. The maximum Gasteiger partial charge on any atom is 0.258 e. The third kappa shape index (κ3) is 2.76. The van der Waals surface area contributed by atoms with Gasteiger partial charge in [0.15, 0.2) is 5.82 Å². The van der Waals surface area contributed by atoms with Crippen molar-refractivity contribution in [2.75, 3.05) is 6.54 Å². The van der Waals surface area contributed by atoms with Crippen molar-refractivity contribution < 1.29 is 4.52 Å². The molecule has 0 atom stereocenters. The van der Waals surface area contributed by atoms with Gasteiger partial charge in [-0.05, 0) is 41.6 Å². The van der Waals surface area contributed by atoms with Gasteiger partial charge in [-0.2, -0.15) is 4.98 Å². The van der Waals surface area contributed by atoms with Crippen molar-refractivity contribution in [3.8, 4) is 11.5 Å². The van der Waals surface area contributed by atoms with Gasteiger partial charge in [0, 0.05) is 11.8 Å². The maximum atomic E-state index is 5.41. The molecular weight excluding hydrogens is 325 g/mol.